The lowest BCUT2D eigenvalue weighted by Gasteiger charge is -2.33. The lowest BCUT2D eigenvalue weighted by Crippen LogP contribution is -2.25. The van der Waals surface area contributed by atoms with Crippen molar-refractivity contribution in [2.45, 2.75) is 37.6 Å². The van der Waals surface area contributed by atoms with Gasteiger partial charge in [-0.15, -0.1) is 47.0 Å². The predicted octanol–water partition coefficient (Wildman–Crippen LogP) is 3.93. The second-order valence-electron chi connectivity index (χ2n) is 5.86. The van der Waals surface area contributed by atoms with Gasteiger partial charge in [-0.2, -0.15) is 0 Å². The summed E-state index contributed by atoms with van der Waals surface area (Å²) in [5, 5.41) is 0. The van der Waals surface area contributed by atoms with E-state index in [0.717, 1.165) is 32.8 Å². The first-order valence-electron chi connectivity index (χ1n) is 5.82. The lowest BCUT2D eigenvalue weighted by molar-refractivity contribution is 0.322. The molecular weight excluding hydrogens is 260 g/mol. The van der Waals surface area contributed by atoms with Gasteiger partial charge in [0.15, 0.2) is 0 Å². The number of hydrogen-bond acceptors (Lipinski definition) is 4. The van der Waals surface area contributed by atoms with Crippen LogP contribution in [-0.2, 0) is 0 Å². The Labute approximate surface area is 108 Å². The van der Waals surface area contributed by atoms with Gasteiger partial charge >= 0.3 is 0 Å². The van der Waals surface area contributed by atoms with Crippen LogP contribution in [0.5, 0.6) is 0 Å². The summed E-state index contributed by atoms with van der Waals surface area (Å²) in [4.78, 5) is 0. The lowest BCUT2D eigenvalue weighted by atomic mass is 9.84. The van der Waals surface area contributed by atoms with Crippen molar-refractivity contribution in [3.8, 4) is 0 Å². The molecule has 0 radical (unpaired) electrons. The van der Waals surface area contributed by atoms with Gasteiger partial charge in [0.1, 0.15) is 0 Å². The summed E-state index contributed by atoms with van der Waals surface area (Å²) >= 11 is 9.33. The summed E-state index contributed by atoms with van der Waals surface area (Å²) in [5.74, 6) is 4.26. The van der Waals surface area contributed by atoms with Crippen LogP contribution in [0.3, 0.4) is 0 Å². The molecule has 0 aromatic rings. The van der Waals surface area contributed by atoms with Crippen LogP contribution in [0, 0.1) is 23.7 Å². The van der Waals surface area contributed by atoms with Crippen molar-refractivity contribution < 1.29 is 0 Å². The SMILES string of the molecule is C[C@]12S[C@@H]3S[C@@H]4S[C@](C)(S1)[C@H]1[C@@H]4C[C@@H]3[C@H]12. The van der Waals surface area contributed by atoms with Crippen molar-refractivity contribution in [2.24, 2.45) is 23.7 Å². The molecule has 0 nitrogen and oxygen atoms in total. The van der Waals surface area contributed by atoms with Gasteiger partial charge in [-0.05, 0) is 43.9 Å². The number of rotatable bonds is 0. The normalized spacial score (nSPS) is 77.2. The topological polar surface area (TPSA) is 0 Å². The van der Waals surface area contributed by atoms with E-state index < -0.39 is 0 Å². The third-order valence-corrected chi connectivity index (χ3v) is 12.7. The van der Waals surface area contributed by atoms with Crippen LogP contribution in [-0.4, -0.2) is 17.3 Å². The average molecular weight is 275 g/mol. The van der Waals surface area contributed by atoms with Gasteiger partial charge in [-0.1, -0.05) is 0 Å². The van der Waals surface area contributed by atoms with E-state index in [9.17, 15) is 0 Å². The molecule has 5 aliphatic rings. The van der Waals surface area contributed by atoms with E-state index in [2.05, 4.69) is 60.9 Å². The highest BCUT2D eigenvalue weighted by molar-refractivity contribution is 8.35. The minimum absolute atomic E-state index is 0.578. The van der Waals surface area contributed by atoms with Crippen molar-refractivity contribution in [1.82, 2.24) is 0 Å². The largest absolute Gasteiger partial charge is 0.133 e. The average Bonchev–Trinajstić information content (AvgIpc) is 2.70. The molecule has 5 fully saturated rings. The Morgan fingerprint density at radius 1 is 0.933 bits per heavy atom. The van der Waals surface area contributed by atoms with E-state index in [0.29, 0.717) is 8.16 Å². The second kappa shape index (κ2) is 2.41. The number of thioether (sulfide) groups is 4. The Bertz CT molecular complexity index is 340. The molecule has 0 unspecified atom stereocenters. The molecule has 4 heteroatoms. The summed E-state index contributed by atoms with van der Waals surface area (Å²) in [6.07, 6.45) is 1.57. The molecule has 0 aromatic heterocycles. The maximum atomic E-state index is 2.55. The molecule has 5 rings (SSSR count). The summed E-state index contributed by atoms with van der Waals surface area (Å²) < 4.78 is 3.07. The molecule has 4 aliphatic heterocycles. The maximum Gasteiger partial charge on any atom is 0.0643 e. The fraction of sp³-hybridized carbons (Fsp3) is 1.00. The fourth-order valence-electron chi connectivity index (χ4n) is 4.90. The molecule has 0 aromatic carbocycles. The van der Waals surface area contributed by atoms with E-state index in [-0.39, 0.29) is 0 Å². The van der Waals surface area contributed by atoms with Gasteiger partial charge in [0, 0.05) is 0 Å². The minimum atomic E-state index is 0.578. The molecule has 1 aliphatic carbocycles. The molecular formula is C11H14S4. The van der Waals surface area contributed by atoms with Gasteiger partial charge in [-0.3, -0.25) is 0 Å². The first kappa shape index (κ1) is 9.35. The number of hydrogen-bond donors (Lipinski definition) is 0. The molecule has 0 N–H and O–H groups in total. The monoisotopic (exact) mass is 274 g/mol. The van der Waals surface area contributed by atoms with Gasteiger partial charge in [-0.25, -0.2) is 0 Å². The highest BCUT2D eigenvalue weighted by Crippen LogP contribution is 2.86. The van der Waals surface area contributed by atoms with Crippen LogP contribution < -0.4 is 0 Å². The summed E-state index contributed by atoms with van der Waals surface area (Å²) in [6.45, 7) is 5.10. The Balaban J connectivity index is 1.80. The zero-order valence-corrected chi connectivity index (χ0v) is 12.1. The zero-order valence-electron chi connectivity index (χ0n) is 8.80. The molecule has 4 saturated heterocycles. The van der Waals surface area contributed by atoms with E-state index in [1.807, 2.05) is 0 Å². The molecule has 1 saturated carbocycles. The molecule has 0 spiro atoms. The van der Waals surface area contributed by atoms with Crippen LogP contribution in [0.2, 0.25) is 0 Å². The maximum absolute atomic E-state index is 2.55. The summed E-state index contributed by atoms with van der Waals surface area (Å²) in [5.41, 5.74) is 0. The fourth-order valence-corrected chi connectivity index (χ4v) is 15.8. The highest BCUT2D eigenvalue weighted by atomic mass is 32.3. The Morgan fingerprint density at radius 2 is 1.47 bits per heavy atom. The van der Waals surface area contributed by atoms with E-state index in [4.69, 9.17) is 0 Å². The first-order valence-corrected chi connectivity index (χ1v) is 9.34. The molecule has 0 amide bonds. The van der Waals surface area contributed by atoms with E-state index in [1.54, 1.807) is 6.42 Å². The van der Waals surface area contributed by atoms with Gasteiger partial charge in [0.05, 0.1) is 17.3 Å². The standard InChI is InChI=1S/C11H14S4/c1-10-6-4-3-5-7(6)11(2,15-10)14-9(5)12-8(4)13-10/h4-9H,3H2,1-2H3/t4-,5+,6-,7+,8+,9-,10+,11-. The second-order valence-corrected chi connectivity index (χ2v) is 13.3. The van der Waals surface area contributed by atoms with Crippen molar-refractivity contribution in [3.05, 3.63) is 0 Å². The molecule has 8 atom stereocenters. The molecule has 4 heterocycles. The minimum Gasteiger partial charge on any atom is -0.133 e. The predicted molar refractivity (Wildman–Crippen MR) is 73.3 cm³/mol. The summed E-state index contributed by atoms with van der Waals surface area (Å²) in [6, 6.07) is 0. The summed E-state index contributed by atoms with van der Waals surface area (Å²) in [7, 11) is 0. The van der Waals surface area contributed by atoms with Crippen molar-refractivity contribution in [1.29, 1.82) is 0 Å². The zero-order chi connectivity index (χ0) is 10.00. The van der Waals surface area contributed by atoms with Crippen molar-refractivity contribution in [3.63, 3.8) is 0 Å². The Hall–Kier alpha value is 1.40. The van der Waals surface area contributed by atoms with Crippen LogP contribution in [0.15, 0.2) is 0 Å². The quantitative estimate of drug-likeness (QED) is 0.656. The highest BCUT2D eigenvalue weighted by Gasteiger charge is 2.77. The third-order valence-electron chi connectivity index (χ3n) is 5.14. The molecule has 2 bridgehead atoms. The van der Waals surface area contributed by atoms with Crippen LogP contribution in [0.1, 0.15) is 20.3 Å². The first-order chi connectivity index (χ1) is 7.11. The van der Waals surface area contributed by atoms with Gasteiger partial charge in [0.2, 0.25) is 0 Å². The van der Waals surface area contributed by atoms with Crippen molar-refractivity contribution in [2.75, 3.05) is 0 Å². The Kier molecular flexibility index (Phi) is 1.50. The molecule has 82 valence electrons. The van der Waals surface area contributed by atoms with Crippen molar-refractivity contribution >= 4 is 47.0 Å². The van der Waals surface area contributed by atoms with Gasteiger partial charge < -0.3 is 0 Å². The third kappa shape index (κ3) is 0.839. The van der Waals surface area contributed by atoms with Crippen LogP contribution in [0.25, 0.3) is 0 Å². The van der Waals surface area contributed by atoms with Crippen LogP contribution in [0.4, 0.5) is 0 Å². The van der Waals surface area contributed by atoms with E-state index in [1.165, 1.54) is 0 Å². The van der Waals surface area contributed by atoms with E-state index >= 15 is 0 Å². The Morgan fingerprint density at radius 3 is 2.00 bits per heavy atom. The van der Waals surface area contributed by atoms with Gasteiger partial charge in [0.25, 0.3) is 0 Å². The molecule has 15 heavy (non-hydrogen) atoms. The smallest absolute Gasteiger partial charge is 0.0643 e. The van der Waals surface area contributed by atoms with Crippen LogP contribution >= 0.6 is 47.0 Å².